The van der Waals surface area contributed by atoms with E-state index in [1.54, 1.807) is 6.07 Å². The molecule has 2 bridgehead atoms. The zero-order chi connectivity index (χ0) is 13.4. The normalized spacial score (nSPS) is 29.3. The lowest BCUT2D eigenvalue weighted by Crippen LogP contribution is -2.25. The lowest BCUT2D eigenvalue weighted by molar-refractivity contribution is 0.0903. The standard InChI is InChI=1S/C15H17FO2S/c1-18-14-8-10(16)2-5-13(14)15(17)9-6-11-3-4-12(7-9)19-11/h2,5,8-9,11-12H,3-4,6-7H2,1H3. The van der Waals surface area contributed by atoms with Crippen LogP contribution in [-0.4, -0.2) is 23.4 Å². The second-order valence-corrected chi connectivity index (χ2v) is 6.94. The first-order valence-electron chi connectivity index (χ1n) is 6.70. The molecular formula is C15H17FO2S. The molecule has 19 heavy (non-hydrogen) atoms. The average Bonchev–Trinajstić information content (AvgIpc) is 2.76. The number of carbonyl (C=O) groups is 1. The number of ether oxygens (including phenoxy) is 1. The smallest absolute Gasteiger partial charge is 0.169 e. The first-order valence-corrected chi connectivity index (χ1v) is 7.65. The van der Waals surface area contributed by atoms with Gasteiger partial charge in [-0.3, -0.25) is 4.79 Å². The summed E-state index contributed by atoms with van der Waals surface area (Å²) in [6.45, 7) is 0. The van der Waals surface area contributed by atoms with Crippen LogP contribution in [0.4, 0.5) is 4.39 Å². The van der Waals surface area contributed by atoms with Gasteiger partial charge in [0.25, 0.3) is 0 Å². The predicted octanol–water partition coefficient (Wildman–Crippen LogP) is 3.69. The Hall–Kier alpha value is -1.03. The third kappa shape index (κ3) is 2.50. The Morgan fingerprint density at radius 2 is 2.00 bits per heavy atom. The second kappa shape index (κ2) is 5.16. The summed E-state index contributed by atoms with van der Waals surface area (Å²) < 4.78 is 18.3. The van der Waals surface area contributed by atoms with Crippen LogP contribution >= 0.6 is 11.8 Å². The molecule has 0 saturated carbocycles. The van der Waals surface area contributed by atoms with Crippen molar-refractivity contribution in [1.29, 1.82) is 0 Å². The molecule has 0 radical (unpaired) electrons. The molecule has 0 amide bonds. The van der Waals surface area contributed by atoms with E-state index in [1.807, 2.05) is 11.8 Å². The van der Waals surface area contributed by atoms with Crippen LogP contribution in [0.25, 0.3) is 0 Å². The molecule has 102 valence electrons. The molecule has 0 spiro atoms. The van der Waals surface area contributed by atoms with Crippen molar-refractivity contribution in [3.05, 3.63) is 29.6 Å². The number of methoxy groups -OCH3 is 1. The maximum Gasteiger partial charge on any atom is 0.169 e. The number of benzene rings is 1. The van der Waals surface area contributed by atoms with Gasteiger partial charge < -0.3 is 4.74 Å². The summed E-state index contributed by atoms with van der Waals surface area (Å²) in [6, 6.07) is 4.18. The van der Waals surface area contributed by atoms with Gasteiger partial charge in [0.1, 0.15) is 11.6 Å². The zero-order valence-corrected chi connectivity index (χ0v) is 11.7. The van der Waals surface area contributed by atoms with Gasteiger partial charge in [-0.25, -0.2) is 4.39 Å². The lowest BCUT2D eigenvalue weighted by atomic mass is 9.90. The van der Waals surface area contributed by atoms with Gasteiger partial charge in [-0.15, -0.1) is 0 Å². The Bertz CT molecular complexity index is 491. The molecule has 0 N–H and O–H groups in total. The van der Waals surface area contributed by atoms with Gasteiger partial charge in [-0.05, 0) is 37.8 Å². The average molecular weight is 280 g/mol. The van der Waals surface area contributed by atoms with Crippen LogP contribution in [0.2, 0.25) is 0 Å². The fourth-order valence-corrected chi connectivity index (χ4v) is 4.94. The predicted molar refractivity (Wildman–Crippen MR) is 74.4 cm³/mol. The van der Waals surface area contributed by atoms with E-state index in [1.165, 1.54) is 32.1 Å². The van der Waals surface area contributed by atoms with Gasteiger partial charge >= 0.3 is 0 Å². The van der Waals surface area contributed by atoms with Crippen molar-refractivity contribution in [2.24, 2.45) is 5.92 Å². The van der Waals surface area contributed by atoms with E-state index in [2.05, 4.69) is 0 Å². The highest BCUT2D eigenvalue weighted by Crippen LogP contribution is 2.47. The second-order valence-electron chi connectivity index (χ2n) is 5.33. The van der Waals surface area contributed by atoms with Crippen LogP contribution in [0.15, 0.2) is 18.2 Å². The fourth-order valence-electron chi connectivity index (χ4n) is 3.16. The van der Waals surface area contributed by atoms with Crippen molar-refractivity contribution in [2.45, 2.75) is 36.2 Å². The van der Waals surface area contributed by atoms with Crippen LogP contribution in [-0.2, 0) is 0 Å². The minimum Gasteiger partial charge on any atom is -0.496 e. The molecule has 1 aromatic rings. The number of hydrogen-bond donors (Lipinski definition) is 0. The third-order valence-corrected chi connectivity index (χ3v) is 5.72. The van der Waals surface area contributed by atoms with Crippen LogP contribution in [0.1, 0.15) is 36.0 Å². The molecule has 0 aromatic heterocycles. The summed E-state index contributed by atoms with van der Waals surface area (Å²) >= 11 is 2.04. The molecule has 4 heteroatoms. The van der Waals surface area contributed by atoms with Gasteiger partial charge in [0.05, 0.1) is 12.7 Å². The zero-order valence-electron chi connectivity index (χ0n) is 10.9. The molecule has 2 aliphatic rings. The molecule has 2 heterocycles. The number of fused-ring (bicyclic) bond motifs is 2. The van der Waals surface area contributed by atoms with E-state index in [9.17, 15) is 9.18 Å². The van der Waals surface area contributed by atoms with Crippen molar-refractivity contribution >= 4 is 17.5 Å². The van der Waals surface area contributed by atoms with Crippen molar-refractivity contribution in [3.8, 4) is 5.75 Å². The fraction of sp³-hybridized carbons (Fsp3) is 0.533. The van der Waals surface area contributed by atoms with Gasteiger partial charge in [0, 0.05) is 22.5 Å². The summed E-state index contributed by atoms with van der Waals surface area (Å²) in [5.74, 6) is 0.190. The van der Waals surface area contributed by atoms with E-state index in [4.69, 9.17) is 4.74 Å². The highest BCUT2D eigenvalue weighted by atomic mass is 32.2. The highest BCUT2D eigenvalue weighted by molar-refractivity contribution is 8.00. The summed E-state index contributed by atoms with van der Waals surface area (Å²) in [5, 5.41) is 1.28. The summed E-state index contributed by atoms with van der Waals surface area (Å²) in [6.07, 6.45) is 4.39. The van der Waals surface area contributed by atoms with E-state index >= 15 is 0 Å². The largest absolute Gasteiger partial charge is 0.496 e. The number of thioether (sulfide) groups is 1. The summed E-state index contributed by atoms with van der Waals surface area (Å²) in [5.41, 5.74) is 0.528. The van der Waals surface area contributed by atoms with Crippen molar-refractivity contribution in [1.82, 2.24) is 0 Å². The van der Waals surface area contributed by atoms with Crippen LogP contribution in [0.5, 0.6) is 5.75 Å². The molecule has 2 aliphatic heterocycles. The SMILES string of the molecule is COc1cc(F)ccc1C(=O)C1CC2CCC(C1)S2. The number of halogens is 1. The van der Waals surface area contributed by atoms with E-state index < -0.39 is 0 Å². The van der Waals surface area contributed by atoms with Gasteiger partial charge in [-0.1, -0.05) is 0 Å². The molecule has 2 atom stereocenters. The maximum atomic E-state index is 13.2. The van der Waals surface area contributed by atoms with Crippen LogP contribution in [0, 0.1) is 11.7 Å². The van der Waals surface area contributed by atoms with Crippen molar-refractivity contribution in [3.63, 3.8) is 0 Å². The van der Waals surface area contributed by atoms with Crippen LogP contribution in [0.3, 0.4) is 0 Å². The van der Waals surface area contributed by atoms with Crippen LogP contribution < -0.4 is 4.74 Å². The number of rotatable bonds is 3. The summed E-state index contributed by atoms with van der Waals surface area (Å²) in [4.78, 5) is 12.6. The Balaban J connectivity index is 1.84. The topological polar surface area (TPSA) is 26.3 Å². The van der Waals surface area contributed by atoms with Gasteiger partial charge in [-0.2, -0.15) is 11.8 Å². The van der Waals surface area contributed by atoms with E-state index in [0.717, 1.165) is 12.8 Å². The molecule has 1 aromatic carbocycles. The third-order valence-electron chi connectivity index (χ3n) is 4.09. The Morgan fingerprint density at radius 1 is 1.32 bits per heavy atom. The Morgan fingerprint density at radius 3 is 2.63 bits per heavy atom. The summed E-state index contributed by atoms with van der Waals surface area (Å²) in [7, 11) is 1.48. The minimum absolute atomic E-state index is 0.0816. The van der Waals surface area contributed by atoms with Crippen molar-refractivity contribution < 1.29 is 13.9 Å². The Kier molecular flexibility index (Phi) is 3.52. The maximum absolute atomic E-state index is 13.2. The monoisotopic (exact) mass is 280 g/mol. The number of ketones is 1. The molecule has 2 saturated heterocycles. The molecule has 2 unspecified atom stereocenters. The molecule has 2 fully saturated rings. The van der Waals surface area contributed by atoms with Gasteiger partial charge in [0.15, 0.2) is 5.78 Å². The number of carbonyl (C=O) groups excluding carboxylic acids is 1. The highest BCUT2D eigenvalue weighted by Gasteiger charge is 2.38. The number of Topliss-reactive ketones (excluding diaryl/α,β-unsaturated/α-hetero) is 1. The molecule has 3 rings (SSSR count). The van der Waals surface area contributed by atoms with Crippen molar-refractivity contribution in [2.75, 3.05) is 7.11 Å². The lowest BCUT2D eigenvalue weighted by Gasteiger charge is -2.26. The Labute approximate surface area is 116 Å². The number of hydrogen-bond acceptors (Lipinski definition) is 3. The van der Waals surface area contributed by atoms with E-state index in [0.29, 0.717) is 21.8 Å². The molecular weight excluding hydrogens is 263 g/mol. The first kappa shape index (κ1) is 13.0. The quantitative estimate of drug-likeness (QED) is 0.790. The molecule has 2 nitrogen and oxygen atoms in total. The van der Waals surface area contributed by atoms with E-state index in [-0.39, 0.29) is 17.5 Å². The first-order chi connectivity index (χ1) is 9.17. The molecule has 0 aliphatic carbocycles. The van der Waals surface area contributed by atoms with Gasteiger partial charge in [0.2, 0.25) is 0 Å². The minimum atomic E-state index is -0.368.